The molecule has 0 radical (unpaired) electrons. The second-order valence-corrected chi connectivity index (χ2v) is 6.22. The van der Waals surface area contributed by atoms with Crippen LogP contribution in [0.3, 0.4) is 0 Å². The highest BCUT2D eigenvalue weighted by molar-refractivity contribution is 6.03. The zero-order valence-corrected chi connectivity index (χ0v) is 12.6. The second-order valence-electron chi connectivity index (χ2n) is 6.22. The summed E-state index contributed by atoms with van der Waals surface area (Å²) in [6, 6.07) is 9.01. The predicted octanol–water partition coefficient (Wildman–Crippen LogP) is 2.35. The van der Waals surface area contributed by atoms with E-state index < -0.39 is 12.1 Å². The van der Waals surface area contributed by atoms with Crippen molar-refractivity contribution in [3.63, 3.8) is 0 Å². The Morgan fingerprint density at radius 2 is 1.73 bits per heavy atom. The standard InChI is InChI=1S/C17H22N2O3/c20-15-16(21)19(12-14-9-5-2-6-10-14)17(22)18(15)11-13-7-3-1-4-8-13/h1,3-4,7-8,14,16,21H,2,5-6,9-12H2. The summed E-state index contributed by atoms with van der Waals surface area (Å²) < 4.78 is 0. The van der Waals surface area contributed by atoms with Gasteiger partial charge in [-0.1, -0.05) is 49.6 Å². The van der Waals surface area contributed by atoms with Crippen LogP contribution in [0, 0.1) is 5.92 Å². The molecule has 1 N–H and O–H groups in total. The van der Waals surface area contributed by atoms with Crippen LogP contribution in [0.4, 0.5) is 4.79 Å². The fourth-order valence-electron chi connectivity index (χ4n) is 3.36. The Morgan fingerprint density at radius 3 is 2.41 bits per heavy atom. The number of amides is 3. The van der Waals surface area contributed by atoms with Gasteiger partial charge in [-0.15, -0.1) is 0 Å². The number of aliphatic hydroxyl groups is 1. The topological polar surface area (TPSA) is 60.9 Å². The highest BCUT2D eigenvalue weighted by Gasteiger charge is 2.44. The molecule has 1 unspecified atom stereocenters. The van der Waals surface area contributed by atoms with Crippen LogP contribution in [-0.2, 0) is 11.3 Å². The first-order valence-electron chi connectivity index (χ1n) is 8.01. The van der Waals surface area contributed by atoms with Gasteiger partial charge in [-0.25, -0.2) is 4.79 Å². The molecule has 5 heteroatoms. The lowest BCUT2D eigenvalue weighted by atomic mass is 9.89. The molecule has 3 rings (SSSR count). The highest BCUT2D eigenvalue weighted by Crippen LogP contribution is 2.27. The van der Waals surface area contributed by atoms with Crippen LogP contribution in [0.1, 0.15) is 37.7 Å². The molecular formula is C17H22N2O3. The molecule has 1 aliphatic heterocycles. The lowest BCUT2D eigenvalue weighted by molar-refractivity contribution is -0.137. The fourth-order valence-corrected chi connectivity index (χ4v) is 3.36. The van der Waals surface area contributed by atoms with Gasteiger partial charge in [0.15, 0.2) is 0 Å². The summed E-state index contributed by atoms with van der Waals surface area (Å²) in [7, 11) is 0. The highest BCUT2D eigenvalue weighted by atomic mass is 16.3. The lowest BCUT2D eigenvalue weighted by Crippen LogP contribution is -2.39. The molecule has 0 spiro atoms. The van der Waals surface area contributed by atoms with Crippen molar-refractivity contribution in [1.29, 1.82) is 0 Å². The Morgan fingerprint density at radius 1 is 1.05 bits per heavy atom. The zero-order chi connectivity index (χ0) is 15.5. The largest absolute Gasteiger partial charge is 0.365 e. The van der Waals surface area contributed by atoms with Crippen LogP contribution >= 0.6 is 0 Å². The summed E-state index contributed by atoms with van der Waals surface area (Å²) in [5, 5.41) is 10.1. The van der Waals surface area contributed by atoms with E-state index in [4.69, 9.17) is 0 Å². The van der Waals surface area contributed by atoms with Crippen molar-refractivity contribution in [1.82, 2.24) is 9.80 Å². The Hall–Kier alpha value is -1.88. The van der Waals surface area contributed by atoms with Gasteiger partial charge >= 0.3 is 6.03 Å². The number of carbonyl (C=O) groups excluding carboxylic acids is 2. The van der Waals surface area contributed by atoms with Crippen molar-refractivity contribution in [3.8, 4) is 0 Å². The van der Waals surface area contributed by atoms with Gasteiger partial charge in [0, 0.05) is 6.54 Å². The van der Waals surface area contributed by atoms with E-state index in [-0.39, 0.29) is 12.6 Å². The average Bonchev–Trinajstić information content (AvgIpc) is 2.75. The minimum absolute atomic E-state index is 0.219. The normalized spacial score (nSPS) is 23.4. The quantitative estimate of drug-likeness (QED) is 0.869. The van der Waals surface area contributed by atoms with E-state index in [0.29, 0.717) is 12.5 Å². The van der Waals surface area contributed by atoms with Crippen molar-refractivity contribution in [3.05, 3.63) is 35.9 Å². The van der Waals surface area contributed by atoms with Gasteiger partial charge in [-0.2, -0.15) is 0 Å². The fraction of sp³-hybridized carbons (Fsp3) is 0.529. The van der Waals surface area contributed by atoms with E-state index in [1.54, 1.807) is 0 Å². The number of hydrogen-bond donors (Lipinski definition) is 1. The number of rotatable bonds is 4. The maximum absolute atomic E-state index is 12.5. The van der Waals surface area contributed by atoms with Gasteiger partial charge in [-0.3, -0.25) is 14.6 Å². The molecule has 1 atom stereocenters. The molecule has 1 aliphatic carbocycles. The Balaban J connectivity index is 1.68. The van der Waals surface area contributed by atoms with Crippen LogP contribution in [0.5, 0.6) is 0 Å². The van der Waals surface area contributed by atoms with Gasteiger partial charge < -0.3 is 5.11 Å². The first-order chi connectivity index (χ1) is 10.7. The van der Waals surface area contributed by atoms with E-state index in [2.05, 4.69) is 0 Å². The van der Waals surface area contributed by atoms with E-state index >= 15 is 0 Å². The van der Waals surface area contributed by atoms with Gasteiger partial charge in [-0.05, 0) is 24.3 Å². The Labute approximate surface area is 130 Å². The maximum Gasteiger partial charge on any atom is 0.329 e. The smallest absolute Gasteiger partial charge is 0.329 e. The lowest BCUT2D eigenvalue weighted by Gasteiger charge is -2.27. The molecule has 22 heavy (non-hydrogen) atoms. The number of hydrogen-bond acceptors (Lipinski definition) is 3. The molecule has 1 aromatic rings. The average molecular weight is 302 g/mol. The third-order valence-electron chi connectivity index (χ3n) is 4.62. The van der Waals surface area contributed by atoms with Gasteiger partial charge in [0.05, 0.1) is 6.54 Å². The van der Waals surface area contributed by atoms with Crippen LogP contribution in [0.25, 0.3) is 0 Å². The number of nitrogens with zero attached hydrogens (tertiary/aromatic N) is 2. The molecule has 2 fully saturated rings. The molecule has 5 nitrogen and oxygen atoms in total. The van der Waals surface area contributed by atoms with Crippen LogP contribution < -0.4 is 0 Å². The van der Waals surface area contributed by atoms with E-state index in [0.717, 1.165) is 23.3 Å². The van der Waals surface area contributed by atoms with E-state index in [9.17, 15) is 14.7 Å². The number of urea groups is 1. The molecule has 1 saturated carbocycles. The van der Waals surface area contributed by atoms with E-state index in [1.807, 2.05) is 30.3 Å². The van der Waals surface area contributed by atoms with Crippen molar-refractivity contribution in [2.24, 2.45) is 5.92 Å². The third kappa shape index (κ3) is 2.99. The monoisotopic (exact) mass is 302 g/mol. The summed E-state index contributed by atoms with van der Waals surface area (Å²) in [4.78, 5) is 27.2. The molecule has 1 saturated heterocycles. The Kier molecular flexibility index (Phi) is 4.43. The number of benzene rings is 1. The van der Waals surface area contributed by atoms with Crippen LogP contribution in [0.15, 0.2) is 30.3 Å². The second kappa shape index (κ2) is 6.48. The molecule has 1 aromatic carbocycles. The van der Waals surface area contributed by atoms with Gasteiger partial charge in [0.25, 0.3) is 5.91 Å². The number of aliphatic hydroxyl groups excluding tert-OH is 1. The molecule has 0 bridgehead atoms. The first kappa shape index (κ1) is 15.0. The molecule has 2 aliphatic rings. The minimum Gasteiger partial charge on any atom is -0.365 e. The van der Waals surface area contributed by atoms with E-state index in [1.165, 1.54) is 24.2 Å². The summed E-state index contributed by atoms with van der Waals surface area (Å²) in [6.07, 6.45) is 4.41. The third-order valence-corrected chi connectivity index (χ3v) is 4.62. The maximum atomic E-state index is 12.5. The van der Waals surface area contributed by atoms with Gasteiger partial charge in [0.1, 0.15) is 0 Å². The van der Waals surface area contributed by atoms with Crippen LogP contribution in [-0.4, -0.2) is 39.6 Å². The predicted molar refractivity (Wildman–Crippen MR) is 81.7 cm³/mol. The number of carbonyl (C=O) groups is 2. The summed E-state index contributed by atoms with van der Waals surface area (Å²) in [5.41, 5.74) is 0.885. The van der Waals surface area contributed by atoms with Crippen molar-refractivity contribution >= 4 is 11.9 Å². The first-order valence-corrected chi connectivity index (χ1v) is 8.01. The molecular weight excluding hydrogens is 280 g/mol. The molecule has 1 heterocycles. The summed E-state index contributed by atoms with van der Waals surface area (Å²) >= 11 is 0. The Bertz CT molecular complexity index is 540. The summed E-state index contributed by atoms with van der Waals surface area (Å²) in [6.45, 7) is 0.702. The zero-order valence-electron chi connectivity index (χ0n) is 12.6. The summed E-state index contributed by atoms with van der Waals surface area (Å²) in [5.74, 6) is -0.110. The van der Waals surface area contributed by atoms with Crippen molar-refractivity contribution in [2.45, 2.75) is 44.9 Å². The van der Waals surface area contributed by atoms with Gasteiger partial charge in [0.2, 0.25) is 6.23 Å². The molecule has 0 aromatic heterocycles. The van der Waals surface area contributed by atoms with Crippen molar-refractivity contribution < 1.29 is 14.7 Å². The molecule has 3 amide bonds. The minimum atomic E-state index is -1.32. The number of imide groups is 1. The molecule has 118 valence electrons. The van der Waals surface area contributed by atoms with Crippen molar-refractivity contribution in [2.75, 3.05) is 6.54 Å². The SMILES string of the molecule is O=C1C(O)N(CC2CCCCC2)C(=O)N1Cc1ccccc1. The van der Waals surface area contributed by atoms with Crippen LogP contribution in [0.2, 0.25) is 0 Å².